The van der Waals surface area contributed by atoms with E-state index in [4.69, 9.17) is 4.74 Å². The molecular weight excluding hydrogens is 218 g/mol. The predicted molar refractivity (Wildman–Crippen MR) is 63.8 cm³/mol. The number of hydrogen-bond donors (Lipinski definition) is 2. The summed E-state index contributed by atoms with van der Waals surface area (Å²) in [5.41, 5.74) is 1.72. The number of aromatic nitrogens is 4. The van der Waals surface area contributed by atoms with Crippen LogP contribution in [0.15, 0.2) is 18.3 Å². The topological polar surface area (TPSA) is 69.8 Å². The van der Waals surface area contributed by atoms with Gasteiger partial charge in [0, 0.05) is 18.8 Å². The Morgan fingerprint density at radius 3 is 3.12 bits per heavy atom. The quantitative estimate of drug-likeness (QED) is 0.812. The largest absolute Gasteiger partial charge is 0.377 e. The highest BCUT2D eigenvalue weighted by Gasteiger charge is 2.21. The van der Waals surface area contributed by atoms with Crippen molar-refractivity contribution in [2.75, 3.05) is 24.7 Å². The minimum absolute atomic E-state index is 0.372. The van der Waals surface area contributed by atoms with E-state index in [1.54, 1.807) is 6.20 Å². The molecule has 1 atom stereocenters. The van der Waals surface area contributed by atoms with Crippen LogP contribution in [0, 0.1) is 0 Å². The molecule has 0 spiro atoms. The molecule has 90 valence electrons. The highest BCUT2D eigenvalue weighted by Crippen LogP contribution is 2.22. The van der Waals surface area contributed by atoms with Gasteiger partial charge in [-0.25, -0.2) is 0 Å². The first-order chi connectivity index (χ1) is 8.34. The average Bonchev–Trinajstić information content (AvgIpc) is 3.00. The Morgan fingerprint density at radius 1 is 1.41 bits per heavy atom. The van der Waals surface area contributed by atoms with Crippen LogP contribution in [0.1, 0.15) is 6.92 Å². The molecule has 1 fully saturated rings. The highest BCUT2D eigenvalue weighted by atomic mass is 16.5. The van der Waals surface area contributed by atoms with Crippen LogP contribution in [-0.4, -0.2) is 46.2 Å². The van der Waals surface area contributed by atoms with Gasteiger partial charge in [-0.2, -0.15) is 10.2 Å². The molecule has 3 heterocycles. The molecule has 2 N–H and O–H groups in total. The molecule has 6 nitrogen and oxygen atoms in total. The van der Waals surface area contributed by atoms with Crippen molar-refractivity contribution < 1.29 is 4.74 Å². The number of ether oxygens (including phenoxy) is 1. The second kappa shape index (κ2) is 4.21. The lowest BCUT2D eigenvalue weighted by molar-refractivity contribution is 0.0985. The Morgan fingerprint density at radius 2 is 2.35 bits per heavy atom. The number of aromatic amines is 2. The zero-order valence-electron chi connectivity index (χ0n) is 9.68. The standard InChI is InChI=1S/C11H15N5O/c1-8-7-17-5-4-16(8)11-6-10(14-15-11)9-2-3-12-13-9/h2-3,6,8H,4-5,7H2,1H3,(H,12,13)(H,14,15)/t8-/m1/s1. The molecule has 0 bridgehead atoms. The molecule has 1 saturated heterocycles. The van der Waals surface area contributed by atoms with Crippen molar-refractivity contribution in [1.82, 2.24) is 20.4 Å². The van der Waals surface area contributed by atoms with Gasteiger partial charge in [0.1, 0.15) is 17.2 Å². The second-order valence-corrected chi connectivity index (χ2v) is 4.22. The predicted octanol–water partition coefficient (Wildman–Crippen LogP) is 1.02. The van der Waals surface area contributed by atoms with E-state index < -0.39 is 0 Å². The van der Waals surface area contributed by atoms with Crippen molar-refractivity contribution in [3.8, 4) is 11.4 Å². The number of anilines is 1. The summed E-state index contributed by atoms with van der Waals surface area (Å²) in [5.74, 6) is 1.03. The van der Waals surface area contributed by atoms with Crippen LogP contribution in [0.25, 0.3) is 11.4 Å². The number of H-pyrrole nitrogens is 2. The van der Waals surface area contributed by atoms with E-state index in [0.717, 1.165) is 37.0 Å². The molecular formula is C11H15N5O. The molecule has 17 heavy (non-hydrogen) atoms. The summed E-state index contributed by atoms with van der Waals surface area (Å²) in [5, 5.41) is 14.2. The third-order valence-electron chi connectivity index (χ3n) is 3.00. The first-order valence-electron chi connectivity index (χ1n) is 5.74. The first kappa shape index (κ1) is 10.3. The van der Waals surface area contributed by atoms with E-state index in [2.05, 4.69) is 32.2 Å². The molecule has 0 saturated carbocycles. The summed E-state index contributed by atoms with van der Waals surface area (Å²) in [4.78, 5) is 2.27. The maximum atomic E-state index is 5.42. The highest BCUT2D eigenvalue weighted by molar-refractivity contribution is 5.59. The fourth-order valence-electron chi connectivity index (χ4n) is 2.08. The number of morpholine rings is 1. The molecule has 0 aromatic carbocycles. The Bertz CT molecular complexity index is 478. The van der Waals surface area contributed by atoms with E-state index in [9.17, 15) is 0 Å². The molecule has 2 aromatic rings. The molecule has 0 amide bonds. The molecule has 1 aliphatic heterocycles. The van der Waals surface area contributed by atoms with E-state index >= 15 is 0 Å². The summed E-state index contributed by atoms with van der Waals surface area (Å²) >= 11 is 0. The van der Waals surface area contributed by atoms with Crippen molar-refractivity contribution in [2.45, 2.75) is 13.0 Å². The van der Waals surface area contributed by atoms with Crippen LogP contribution in [-0.2, 0) is 4.74 Å². The van der Waals surface area contributed by atoms with Gasteiger partial charge >= 0.3 is 0 Å². The van der Waals surface area contributed by atoms with Crippen LogP contribution in [0.2, 0.25) is 0 Å². The Hall–Kier alpha value is -1.82. The third kappa shape index (κ3) is 1.91. The SMILES string of the molecule is C[C@@H]1COCCN1c1cc(-c2cc[nH]n2)n[nH]1. The summed E-state index contributed by atoms with van der Waals surface area (Å²) in [6.07, 6.45) is 1.79. The van der Waals surface area contributed by atoms with Crippen LogP contribution in [0.3, 0.4) is 0 Å². The van der Waals surface area contributed by atoms with Gasteiger partial charge in [0.15, 0.2) is 0 Å². The Balaban J connectivity index is 1.84. The summed E-state index contributed by atoms with van der Waals surface area (Å²) in [7, 11) is 0. The van der Waals surface area contributed by atoms with Crippen molar-refractivity contribution in [3.63, 3.8) is 0 Å². The molecule has 3 rings (SSSR count). The Labute approximate surface area is 99.0 Å². The minimum Gasteiger partial charge on any atom is -0.377 e. The van der Waals surface area contributed by atoms with E-state index in [1.807, 2.05) is 12.1 Å². The number of nitrogens with zero attached hydrogens (tertiary/aromatic N) is 3. The van der Waals surface area contributed by atoms with Crippen LogP contribution in [0.4, 0.5) is 5.82 Å². The molecule has 0 radical (unpaired) electrons. The lowest BCUT2D eigenvalue weighted by Crippen LogP contribution is -2.43. The van der Waals surface area contributed by atoms with Gasteiger partial charge in [0.2, 0.25) is 0 Å². The van der Waals surface area contributed by atoms with Gasteiger partial charge in [-0.3, -0.25) is 10.2 Å². The fourth-order valence-corrected chi connectivity index (χ4v) is 2.08. The smallest absolute Gasteiger partial charge is 0.125 e. The monoisotopic (exact) mass is 233 g/mol. The van der Waals surface area contributed by atoms with E-state index in [1.165, 1.54) is 0 Å². The molecule has 0 unspecified atom stereocenters. The number of hydrogen-bond acceptors (Lipinski definition) is 4. The van der Waals surface area contributed by atoms with Gasteiger partial charge in [-0.05, 0) is 13.0 Å². The lowest BCUT2D eigenvalue weighted by atomic mass is 10.2. The number of rotatable bonds is 2. The maximum absolute atomic E-state index is 5.42. The summed E-state index contributed by atoms with van der Waals surface area (Å²) in [6, 6.07) is 4.30. The van der Waals surface area contributed by atoms with Crippen LogP contribution >= 0.6 is 0 Å². The van der Waals surface area contributed by atoms with Crippen molar-refractivity contribution in [2.24, 2.45) is 0 Å². The van der Waals surface area contributed by atoms with Crippen molar-refractivity contribution >= 4 is 5.82 Å². The second-order valence-electron chi connectivity index (χ2n) is 4.22. The molecule has 6 heteroatoms. The molecule has 0 aliphatic carbocycles. The third-order valence-corrected chi connectivity index (χ3v) is 3.00. The van der Waals surface area contributed by atoms with Crippen LogP contribution < -0.4 is 4.90 Å². The normalized spacial score (nSPS) is 20.8. The first-order valence-corrected chi connectivity index (χ1v) is 5.74. The van der Waals surface area contributed by atoms with E-state index in [0.29, 0.717) is 6.04 Å². The van der Waals surface area contributed by atoms with Gasteiger partial charge in [-0.15, -0.1) is 0 Å². The van der Waals surface area contributed by atoms with E-state index in [-0.39, 0.29) is 0 Å². The summed E-state index contributed by atoms with van der Waals surface area (Å²) in [6.45, 7) is 4.56. The van der Waals surface area contributed by atoms with Gasteiger partial charge in [-0.1, -0.05) is 0 Å². The van der Waals surface area contributed by atoms with Crippen LogP contribution in [0.5, 0.6) is 0 Å². The van der Waals surface area contributed by atoms with Gasteiger partial charge in [0.25, 0.3) is 0 Å². The maximum Gasteiger partial charge on any atom is 0.125 e. The average molecular weight is 233 g/mol. The zero-order valence-corrected chi connectivity index (χ0v) is 9.68. The van der Waals surface area contributed by atoms with Gasteiger partial charge < -0.3 is 9.64 Å². The fraction of sp³-hybridized carbons (Fsp3) is 0.455. The molecule has 2 aromatic heterocycles. The zero-order chi connectivity index (χ0) is 11.7. The summed E-state index contributed by atoms with van der Waals surface area (Å²) < 4.78 is 5.42. The lowest BCUT2D eigenvalue weighted by Gasteiger charge is -2.33. The Kier molecular flexibility index (Phi) is 2.56. The van der Waals surface area contributed by atoms with Gasteiger partial charge in [0.05, 0.1) is 19.3 Å². The van der Waals surface area contributed by atoms with Crippen molar-refractivity contribution in [1.29, 1.82) is 0 Å². The minimum atomic E-state index is 0.372. The van der Waals surface area contributed by atoms with Crippen molar-refractivity contribution in [3.05, 3.63) is 18.3 Å². The number of nitrogens with one attached hydrogen (secondary N) is 2. The molecule has 1 aliphatic rings.